The second-order valence-corrected chi connectivity index (χ2v) is 4.26. The van der Waals surface area contributed by atoms with Gasteiger partial charge in [0.2, 0.25) is 0 Å². The fourth-order valence-electron chi connectivity index (χ4n) is 2.05. The summed E-state index contributed by atoms with van der Waals surface area (Å²) in [5, 5.41) is 19.1. The minimum atomic E-state index is -0.901. The topological polar surface area (TPSA) is 119 Å². The molecule has 0 aromatic carbocycles. The summed E-state index contributed by atoms with van der Waals surface area (Å²) in [6.45, 7) is 0.487. The summed E-state index contributed by atoms with van der Waals surface area (Å²) in [7, 11) is 0. The molecule has 2 aromatic heterocycles. The summed E-state index contributed by atoms with van der Waals surface area (Å²) in [6, 6.07) is 0. The molecule has 8 nitrogen and oxygen atoms in total. The van der Waals surface area contributed by atoms with Crippen LogP contribution in [0.3, 0.4) is 0 Å². The van der Waals surface area contributed by atoms with Gasteiger partial charge in [-0.25, -0.2) is 15.0 Å². The van der Waals surface area contributed by atoms with E-state index in [1.807, 2.05) is 0 Å². The van der Waals surface area contributed by atoms with Crippen molar-refractivity contribution in [2.24, 2.45) is 0 Å². The molecule has 0 bridgehead atoms. The summed E-state index contributed by atoms with van der Waals surface area (Å²) in [5.74, 6) is 0.312. The van der Waals surface area contributed by atoms with Gasteiger partial charge >= 0.3 is 0 Å². The molecular formula is C10H13N5O3. The number of nitrogens with zero attached hydrogens (tertiary/aromatic N) is 4. The Morgan fingerprint density at radius 2 is 2.22 bits per heavy atom. The van der Waals surface area contributed by atoms with E-state index in [4.69, 9.17) is 10.5 Å². The van der Waals surface area contributed by atoms with E-state index in [9.17, 15) is 10.2 Å². The molecule has 0 radical (unpaired) electrons. The molecule has 18 heavy (non-hydrogen) atoms. The van der Waals surface area contributed by atoms with Gasteiger partial charge in [0.1, 0.15) is 30.2 Å². The van der Waals surface area contributed by atoms with Gasteiger partial charge in [-0.3, -0.25) is 0 Å². The third-order valence-corrected chi connectivity index (χ3v) is 3.06. The molecule has 96 valence electrons. The Bertz CT molecular complexity index is 572. The van der Waals surface area contributed by atoms with Gasteiger partial charge in [0.25, 0.3) is 0 Å². The Morgan fingerprint density at radius 3 is 2.94 bits per heavy atom. The van der Waals surface area contributed by atoms with Gasteiger partial charge in [-0.15, -0.1) is 0 Å². The van der Waals surface area contributed by atoms with Gasteiger partial charge in [0, 0.05) is 0 Å². The van der Waals surface area contributed by atoms with Crippen LogP contribution in [0, 0.1) is 0 Å². The summed E-state index contributed by atoms with van der Waals surface area (Å²) < 4.78 is 7.03. The first-order chi connectivity index (χ1) is 8.66. The molecule has 1 aliphatic rings. The molecule has 3 atom stereocenters. The Balaban J connectivity index is 1.89. The van der Waals surface area contributed by atoms with Gasteiger partial charge in [0.05, 0.1) is 19.5 Å². The largest absolute Gasteiger partial charge is 0.388 e. The number of nitrogens with two attached hydrogens (primary N) is 1. The van der Waals surface area contributed by atoms with Gasteiger partial charge in [-0.05, 0) is 0 Å². The summed E-state index contributed by atoms with van der Waals surface area (Å²) in [6.07, 6.45) is 0.701. The highest BCUT2D eigenvalue weighted by molar-refractivity contribution is 5.81. The number of hydrogen-bond acceptors (Lipinski definition) is 7. The molecule has 1 unspecified atom stereocenters. The van der Waals surface area contributed by atoms with Crippen molar-refractivity contribution in [1.29, 1.82) is 0 Å². The Labute approximate surface area is 102 Å². The average molecular weight is 251 g/mol. The van der Waals surface area contributed by atoms with E-state index >= 15 is 0 Å². The van der Waals surface area contributed by atoms with Gasteiger partial charge in [-0.1, -0.05) is 0 Å². The van der Waals surface area contributed by atoms with Crippen molar-refractivity contribution in [1.82, 2.24) is 19.5 Å². The molecule has 3 heterocycles. The van der Waals surface area contributed by atoms with Crippen molar-refractivity contribution in [3.8, 4) is 0 Å². The fourth-order valence-corrected chi connectivity index (χ4v) is 2.05. The first-order valence-electron chi connectivity index (χ1n) is 5.56. The lowest BCUT2D eigenvalue weighted by molar-refractivity contribution is 0.0157. The predicted molar refractivity (Wildman–Crippen MR) is 61.5 cm³/mol. The molecule has 0 spiro atoms. The quantitative estimate of drug-likeness (QED) is 0.596. The lowest BCUT2D eigenvalue weighted by Gasteiger charge is -2.15. The van der Waals surface area contributed by atoms with Crippen molar-refractivity contribution in [3.63, 3.8) is 0 Å². The van der Waals surface area contributed by atoms with E-state index in [1.165, 1.54) is 6.33 Å². The maximum Gasteiger partial charge on any atom is 0.165 e. The Hall–Kier alpha value is -1.77. The molecule has 1 saturated heterocycles. The van der Waals surface area contributed by atoms with Crippen LogP contribution in [0.25, 0.3) is 11.2 Å². The zero-order chi connectivity index (χ0) is 12.7. The summed E-state index contributed by atoms with van der Waals surface area (Å²) in [5.41, 5.74) is 6.78. The number of imidazole rings is 1. The molecule has 4 N–H and O–H groups in total. The highest BCUT2D eigenvalue weighted by Crippen LogP contribution is 2.19. The van der Waals surface area contributed by atoms with Gasteiger partial charge in [0.15, 0.2) is 11.5 Å². The molecule has 1 fully saturated rings. The zero-order valence-corrected chi connectivity index (χ0v) is 9.47. The van der Waals surface area contributed by atoms with Gasteiger partial charge < -0.3 is 25.3 Å². The second kappa shape index (κ2) is 4.16. The maximum absolute atomic E-state index is 9.72. The van der Waals surface area contributed by atoms with Crippen LogP contribution in [0.1, 0.15) is 0 Å². The third-order valence-electron chi connectivity index (χ3n) is 3.06. The SMILES string of the molecule is Nc1ncnc2c1ncn2CC1OC[C@H](O)[C@@H]1O. The Kier molecular flexibility index (Phi) is 2.62. The highest BCUT2D eigenvalue weighted by Gasteiger charge is 2.34. The molecule has 3 rings (SSSR count). The highest BCUT2D eigenvalue weighted by atomic mass is 16.5. The van der Waals surface area contributed by atoms with Crippen molar-refractivity contribution >= 4 is 17.0 Å². The average Bonchev–Trinajstić information content (AvgIpc) is 2.90. The fraction of sp³-hybridized carbons (Fsp3) is 0.500. The van der Waals surface area contributed by atoms with Crippen LogP contribution in [-0.4, -0.2) is 54.7 Å². The lowest BCUT2D eigenvalue weighted by Crippen LogP contribution is -2.32. The molecule has 0 amide bonds. The zero-order valence-electron chi connectivity index (χ0n) is 9.47. The van der Waals surface area contributed by atoms with Crippen LogP contribution in [0.4, 0.5) is 5.82 Å². The van der Waals surface area contributed by atoms with E-state index in [2.05, 4.69) is 15.0 Å². The van der Waals surface area contributed by atoms with Crippen LogP contribution in [0.5, 0.6) is 0 Å². The summed E-state index contributed by atoms with van der Waals surface area (Å²) >= 11 is 0. The van der Waals surface area contributed by atoms with Crippen molar-refractivity contribution in [2.45, 2.75) is 24.9 Å². The number of rotatable bonds is 2. The number of aromatic nitrogens is 4. The number of anilines is 1. The number of fused-ring (bicyclic) bond motifs is 1. The third kappa shape index (κ3) is 1.70. The lowest BCUT2D eigenvalue weighted by atomic mass is 10.1. The van der Waals surface area contributed by atoms with Crippen LogP contribution < -0.4 is 5.73 Å². The Morgan fingerprint density at radius 1 is 1.39 bits per heavy atom. The summed E-state index contributed by atoms with van der Waals surface area (Å²) in [4.78, 5) is 12.1. The minimum Gasteiger partial charge on any atom is -0.388 e. The second-order valence-electron chi connectivity index (χ2n) is 4.26. The predicted octanol–water partition coefficient (Wildman–Crippen LogP) is -1.47. The standard InChI is InChI=1S/C10H13N5O3/c11-9-7-10(13-3-12-9)15(4-14-7)1-6-8(17)5(16)2-18-6/h3-6,8,16-17H,1-2H2,(H2,11,12,13)/t5-,6?,8-/m0/s1. The van der Waals surface area contributed by atoms with Crippen LogP contribution in [0.2, 0.25) is 0 Å². The number of aliphatic hydroxyl groups excluding tert-OH is 2. The number of aliphatic hydroxyl groups is 2. The van der Waals surface area contributed by atoms with Crippen LogP contribution in [-0.2, 0) is 11.3 Å². The van der Waals surface area contributed by atoms with E-state index in [-0.39, 0.29) is 6.61 Å². The van der Waals surface area contributed by atoms with Crippen molar-refractivity contribution < 1.29 is 14.9 Å². The monoisotopic (exact) mass is 251 g/mol. The number of nitrogen functional groups attached to an aromatic ring is 1. The molecular weight excluding hydrogens is 238 g/mol. The first kappa shape index (κ1) is 11.3. The van der Waals surface area contributed by atoms with E-state index < -0.39 is 18.3 Å². The molecule has 8 heteroatoms. The number of hydrogen-bond donors (Lipinski definition) is 3. The maximum atomic E-state index is 9.72. The molecule has 0 saturated carbocycles. The minimum absolute atomic E-state index is 0.135. The molecule has 0 aliphatic carbocycles. The van der Waals surface area contributed by atoms with E-state index in [1.54, 1.807) is 10.9 Å². The van der Waals surface area contributed by atoms with Crippen LogP contribution >= 0.6 is 0 Å². The number of ether oxygens (including phenoxy) is 1. The van der Waals surface area contributed by atoms with E-state index in [0.717, 1.165) is 0 Å². The van der Waals surface area contributed by atoms with E-state index in [0.29, 0.717) is 23.5 Å². The van der Waals surface area contributed by atoms with Crippen LogP contribution in [0.15, 0.2) is 12.7 Å². The van der Waals surface area contributed by atoms with Gasteiger partial charge in [-0.2, -0.15) is 0 Å². The normalized spacial score (nSPS) is 28.0. The molecule has 1 aliphatic heterocycles. The van der Waals surface area contributed by atoms with Crippen molar-refractivity contribution in [2.75, 3.05) is 12.3 Å². The first-order valence-corrected chi connectivity index (χ1v) is 5.56. The smallest absolute Gasteiger partial charge is 0.165 e. The van der Waals surface area contributed by atoms with Crippen molar-refractivity contribution in [3.05, 3.63) is 12.7 Å². The molecule has 2 aromatic rings.